The van der Waals surface area contributed by atoms with Gasteiger partial charge in [0.15, 0.2) is 5.82 Å². The molecule has 1 fully saturated rings. The smallest absolute Gasteiger partial charge is 0.243 e. The van der Waals surface area contributed by atoms with Crippen molar-refractivity contribution in [2.75, 3.05) is 6.54 Å². The van der Waals surface area contributed by atoms with E-state index in [4.69, 9.17) is 5.26 Å². The summed E-state index contributed by atoms with van der Waals surface area (Å²) in [6.45, 7) is 2.23. The SMILES string of the molecule is Cc1nc([C@@H]2CCCN2S(=O)(=O)c2ccc(C#N)cc2)n[nH]1. The molecular weight excluding hydrogens is 302 g/mol. The molecule has 114 valence electrons. The first-order valence-electron chi connectivity index (χ1n) is 6.93. The summed E-state index contributed by atoms with van der Waals surface area (Å²) in [5.41, 5.74) is 0.432. The van der Waals surface area contributed by atoms with E-state index in [1.165, 1.54) is 28.6 Å². The molecule has 2 aromatic rings. The van der Waals surface area contributed by atoms with Gasteiger partial charge in [0, 0.05) is 6.54 Å². The summed E-state index contributed by atoms with van der Waals surface area (Å²) in [5, 5.41) is 15.7. The molecule has 0 radical (unpaired) electrons. The molecule has 0 spiro atoms. The monoisotopic (exact) mass is 317 g/mol. The third kappa shape index (κ3) is 2.49. The second kappa shape index (κ2) is 5.51. The second-order valence-corrected chi connectivity index (χ2v) is 7.08. The maximum atomic E-state index is 12.8. The molecule has 0 aliphatic carbocycles. The van der Waals surface area contributed by atoms with Crippen LogP contribution in [0.15, 0.2) is 29.2 Å². The van der Waals surface area contributed by atoms with E-state index in [1.54, 1.807) is 6.92 Å². The second-order valence-electron chi connectivity index (χ2n) is 5.19. The molecule has 0 amide bonds. The summed E-state index contributed by atoms with van der Waals surface area (Å²) in [7, 11) is -3.62. The quantitative estimate of drug-likeness (QED) is 0.924. The number of aromatic amines is 1. The molecule has 3 rings (SSSR count). The topological polar surface area (TPSA) is 103 Å². The van der Waals surface area contributed by atoms with Crippen molar-refractivity contribution in [1.29, 1.82) is 5.26 Å². The molecule has 1 aliphatic rings. The summed E-state index contributed by atoms with van der Waals surface area (Å²) in [4.78, 5) is 4.45. The number of benzene rings is 1. The minimum atomic E-state index is -3.62. The van der Waals surface area contributed by atoms with E-state index in [0.717, 1.165) is 6.42 Å². The summed E-state index contributed by atoms with van der Waals surface area (Å²) in [6.07, 6.45) is 1.47. The molecule has 7 nitrogen and oxygen atoms in total. The van der Waals surface area contributed by atoms with Gasteiger partial charge in [-0.3, -0.25) is 5.10 Å². The van der Waals surface area contributed by atoms with Gasteiger partial charge in [0.1, 0.15) is 5.82 Å². The lowest BCUT2D eigenvalue weighted by Crippen LogP contribution is -2.31. The molecule has 1 aliphatic heterocycles. The maximum absolute atomic E-state index is 12.8. The van der Waals surface area contributed by atoms with Crippen LogP contribution >= 0.6 is 0 Å². The standard InChI is InChI=1S/C14H15N5O2S/c1-10-16-14(18-17-10)13-3-2-8-19(13)22(20,21)12-6-4-11(9-15)5-7-12/h4-7,13H,2-3,8H2,1H3,(H,16,17,18)/t13-/m0/s1. The Labute approximate surface area is 128 Å². The molecule has 1 saturated heterocycles. The Kier molecular flexibility index (Phi) is 3.68. The highest BCUT2D eigenvalue weighted by Crippen LogP contribution is 2.34. The molecule has 1 atom stereocenters. The van der Waals surface area contributed by atoms with E-state index < -0.39 is 10.0 Å². The molecular formula is C14H15N5O2S. The third-order valence-corrected chi connectivity index (χ3v) is 5.63. The van der Waals surface area contributed by atoms with Crippen molar-refractivity contribution in [1.82, 2.24) is 19.5 Å². The van der Waals surface area contributed by atoms with Crippen LogP contribution in [0.1, 0.15) is 36.1 Å². The van der Waals surface area contributed by atoms with Gasteiger partial charge in [-0.1, -0.05) is 0 Å². The van der Waals surface area contributed by atoms with E-state index in [-0.39, 0.29) is 10.9 Å². The number of nitrogens with zero attached hydrogens (tertiary/aromatic N) is 4. The Morgan fingerprint density at radius 1 is 1.36 bits per heavy atom. The van der Waals surface area contributed by atoms with Crippen LogP contribution in [-0.2, 0) is 10.0 Å². The lowest BCUT2D eigenvalue weighted by Gasteiger charge is -2.22. The summed E-state index contributed by atoms with van der Waals surface area (Å²) in [5.74, 6) is 1.17. The minimum Gasteiger partial charge on any atom is -0.263 e. The Balaban J connectivity index is 1.95. The zero-order valence-electron chi connectivity index (χ0n) is 12.0. The number of hydrogen-bond donors (Lipinski definition) is 1. The summed E-state index contributed by atoms with van der Waals surface area (Å²) >= 11 is 0. The molecule has 0 bridgehead atoms. The first-order valence-corrected chi connectivity index (χ1v) is 8.37. The van der Waals surface area contributed by atoms with Crippen LogP contribution in [0.5, 0.6) is 0 Å². The Morgan fingerprint density at radius 2 is 2.09 bits per heavy atom. The average Bonchev–Trinajstić information content (AvgIpc) is 3.16. The van der Waals surface area contributed by atoms with Crippen LogP contribution in [0.2, 0.25) is 0 Å². The molecule has 0 saturated carbocycles. The van der Waals surface area contributed by atoms with E-state index in [1.807, 2.05) is 6.07 Å². The van der Waals surface area contributed by atoms with Gasteiger partial charge in [-0.2, -0.15) is 14.7 Å². The average molecular weight is 317 g/mol. The van der Waals surface area contributed by atoms with Crippen LogP contribution in [0.4, 0.5) is 0 Å². The molecule has 0 unspecified atom stereocenters. The fourth-order valence-electron chi connectivity index (χ4n) is 2.63. The van der Waals surface area contributed by atoms with Gasteiger partial charge < -0.3 is 0 Å². The highest BCUT2D eigenvalue weighted by atomic mass is 32.2. The Bertz CT molecular complexity index is 820. The van der Waals surface area contributed by atoms with Crippen molar-refractivity contribution in [2.24, 2.45) is 0 Å². The lowest BCUT2D eigenvalue weighted by molar-refractivity contribution is 0.384. The lowest BCUT2D eigenvalue weighted by atomic mass is 10.2. The first-order chi connectivity index (χ1) is 10.5. The van der Waals surface area contributed by atoms with Gasteiger partial charge in [0.25, 0.3) is 0 Å². The number of sulfonamides is 1. The predicted octanol–water partition coefficient (Wildman–Crippen LogP) is 1.51. The number of aromatic nitrogens is 3. The zero-order chi connectivity index (χ0) is 15.7. The van der Waals surface area contributed by atoms with Crippen LogP contribution in [-0.4, -0.2) is 34.4 Å². The third-order valence-electron chi connectivity index (χ3n) is 3.71. The first kappa shape index (κ1) is 14.7. The van der Waals surface area contributed by atoms with E-state index in [0.29, 0.717) is 30.2 Å². The summed E-state index contributed by atoms with van der Waals surface area (Å²) in [6, 6.07) is 7.59. The predicted molar refractivity (Wildman–Crippen MR) is 78.1 cm³/mol. The van der Waals surface area contributed by atoms with Gasteiger partial charge in [0.2, 0.25) is 10.0 Å². The van der Waals surface area contributed by atoms with Gasteiger partial charge in [0.05, 0.1) is 22.6 Å². The Hall–Kier alpha value is -2.24. The number of nitriles is 1. The van der Waals surface area contributed by atoms with Gasteiger partial charge in [-0.05, 0) is 44.0 Å². The highest BCUT2D eigenvalue weighted by Gasteiger charge is 2.38. The van der Waals surface area contributed by atoms with Crippen LogP contribution < -0.4 is 0 Å². The van der Waals surface area contributed by atoms with Crippen molar-refractivity contribution in [2.45, 2.75) is 30.7 Å². The van der Waals surface area contributed by atoms with Crippen LogP contribution in [0.25, 0.3) is 0 Å². The van der Waals surface area contributed by atoms with E-state index in [2.05, 4.69) is 15.2 Å². The normalized spacial score (nSPS) is 19.2. The van der Waals surface area contributed by atoms with Crippen molar-refractivity contribution >= 4 is 10.0 Å². The molecule has 2 heterocycles. The van der Waals surface area contributed by atoms with Gasteiger partial charge >= 0.3 is 0 Å². The molecule has 22 heavy (non-hydrogen) atoms. The number of aryl methyl sites for hydroxylation is 1. The fraction of sp³-hybridized carbons (Fsp3) is 0.357. The fourth-order valence-corrected chi connectivity index (χ4v) is 4.29. The Morgan fingerprint density at radius 3 is 2.68 bits per heavy atom. The number of rotatable bonds is 3. The highest BCUT2D eigenvalue weighted by molar-refractivity contribution is 7.89. The van der Waals surface area contributed by atoms with Crippen molar-refractivity contribution in [3.8, 4) is 6.07 Å². The number of hydrogen-bond acceptors (Lipinski definition) is 5. The zero-order valence-corrected chi connectivity index (χ0v) is 12.8. The van der Waals surface area contributed by atoms with Gasteiger partial charge in [-0.15, -0.1) is 0 Å². The van der Waals surface area contributed by atoms with Gasteiger partial charge in [-0.25, -0.2) is 13.4 Å². The summed E-state index contributed by atoms with van der Waals surface area (Å²) < 4.78 is 27.0. The maximum Gasteiger partial charge on any atom is 0.243 e. The van der Waals surface area contributed by atoms with Crippen LogP contribution in [0.3, 0.4) is 0 Å². The number of nitrogens with one attached hydrogen (secondary N) is 1. The molecule has 1 N–H and O–H groups in total. The van der Waals surface area contributed by atoms with Crippen LogP contribution in [0, 0.1) is 18.3 Å². The molecule has 1 aromatic carbocycles. The van der Waals surface area contributed by atoms with Crippen molar-refractivity contribution in [3.63, 3.8) is 0 Å². The largest absolute Gasteiger partial charge is 0.263 e. The minimum absolute atomic E-state index is 0.186. The van der Waals surface area contributed by atoms with Crippen molar-refractivity contribution in [3.05, 3.63) is 41.5 Å². The van der Waals surface area contributed by atoms with E-state index >= 15 is 0 Å². The van der Waals surface area contributed by atoms with Crippen molar-refractivity contribution < 1.29 is 8.42 Å². The number of H-pyrrole nitrogens is 1. The molecule has 8 heteroatoms. The van der Waals surface area contributed by atoms with E-state index in [9.17, 15) is 8.42 Å². The molecule has 1 aromatic heterocycles.